The van der Waals surface area contributed by atoms with Crippen LogP contribution in [0.2, 0.25) is 0 Å². The third-order valence-electron chi connectivity index (χ3n) is 4.29. The van der Waals surface area contributed by atoms with Crippen molar-refractivity contribution in [1.82, 2.24) is 15.5 Å². The van der Waals surface area contributed by atoms with Gasteiger partial charge in [0.25, 0.3) is 0 Å². The number of rotatable bonds is 9. The quantitative estimate of drug-likeness (QED) is 0.506. The molecule has 1 aliphatic heterocycles. The number of guanidine groups is 1. The van der Waals surface area contributed by atoms with Gasteiger partial charge in [-0.1, -0.05) is 6.07 Å². The molecule has 1 fully saturated rings. The van der Waals surface area contributed by atoms with Crippen LogP contribution in [0.3, 0.4) is 0 Å². The van der Waals surface area contributed by atoms with Gasteiger partial charge in [-0.25, -0.2) is 0 Å². The van der Waals surface area contributed by atoms with Crippen molar-refractivity contribution in [2.45, 2.75) is 13.3 Å². The first-order valence-electron chi connectivity index (χ1n) is 9.30. The highest BCUT2D eigenvalue weighted by Crippen LogP contribution is 2.27. The second-order valence-electron chi connectivity index (χ2n) is 6.08. The van der Waals surface area contributed by atoms with E-state index in [0.717, 1.165) is 76.4 Å². The van der Waals surface area contributed by atoms with E-state index >= 15 is 0 Å². The van der Waals surface area contributed by atoms with E-state index in [9.17, 15) is 0 Å². The fraction of sp³-hybridized carbons (Fsp3) is 0.632. The Balaban J connectivity index is 1.79. The number of hydrogen-bond acceptors (Lipinski definition) is 5. The first-order valence-corrected chi connectivity index (χ1v) is 9.30. The molecule has 0 unspecified atom stereocenters. The zero-order valence-corrected chi connectivity index (χ0v) is 16.2. The summed E-state index contributed by atoms with van der Waals surface area (Å²) in [6, 6.07) is 6.02. The van der Waals surface area contributed by atoms with Gasteiger partial charge in [0.1, 0.15) is 0 Å². The molecule has 0 aromatic heterocycles. The SMILES string of the molecule is CCNC(=NCCN1CCOCC1)NCCc1ccc(OC)c(OC)c1. The first kappa shape index (κ1) is 20.3. The molecule has 2 N–H and O–H groups in total. The van der Waals surface area contributed by atoms with Gasteiger partial charge in [-0.2, -0.15) is 0 Å². The van der Waals surface area contributed by atoms with Gasteiger partial charge in [-0.05, 0) is 31.0 Å². The van der Waals surface area contributed by atoms with Crippen molar-refractivity contribution in [3.63, 3.8) is 0 Å². The lowest BCUT2D eigenvalue weighted by molar-refractivity contribution is 0.0394. The molecule has 26 heavy (non-hydrogen) atoms. The first-order chi connectivity index (χ1) is 12.8. The molecule has 1 saturated heterocycles. The van der Waals surface area contributed by atoms with Gasteiger partial charge in [0.2, 0.25) is 0 Å². The number of ether oxygens (including phenoxy) is 3. The summed E-state index contributed by atoms with van der Waals surface area (Å²) in [5, 5.41) is 6.69. The molecule has 1 aliphatic rings. The average molecular weight is 364 g/mol. The summed E-state index contributed by atoms with van der Waals surface area (Å²) in [6.07, 6.45) is 0.883. The molecule has 0 bridgehead atoms. The third kappa shape index (κ3) is 6.72. The summed E-state index contributed by atoms with van der Waals surface area (Å²) < 4.78 is 16.0. The molecule has 1 heterocycles. The van der Waals surface area contributed by atoms with Crippen molar-refractivity contribution in [1.29, 1.82) is 0 Å². The Morgan fingerprint density at radius 1 is 1.15 bits per heavy atom. The minimum Gasteiger partial charge on any atom is -0.493 e. The van der Waals surface area contributed by atoms with Crippen LogP contribution in [-0.4, -0.2) is 77.6 Å². The smallest absolute Gasteiger partial charge is 0.191 e. The molecule has 1 aromatic rings. The molecule has 0 aliphatic carbocycles. The summed E-state index contributed by atoms with van der Waals surface area (Å²) >= 11 is 0. The molecule has 2 rings (SSSR count). The Labute approximate surface area is 156 Å². The molecular weight excluding hydrogens is 332 g/mol. The van der Waals surface area contributed by atoms with E-state index in [-0.39, 0.29) is 0 Å². The van der Waals surface area contributed by atoms with Gasteiger partial charge < -0.3 is 24.8 Å². The average Bonchev–Trinajstić information content (AvgIpc) is 2.68. The summed E-state index contributed by atoms with van der Waals surface area (Å²) in [4.78, 5) is 7.06. The fourth-order valence-electron chi connectivity index (χ4n) is 2.83. The molecule has 7 nitrogen and oxygen atoms in total. The van der Waals surface area contributed by atoms with E-state index in [1.165, 1.54) is 5.56 Å². The molecule has 7 heteroatoms. The monoisotopic (exact) mass is 364 g/mol. The van der Waals surface area contributed by atoms with E-state index < -0.39 is 0 Å². The summed E-state index contributed by atoms with van der Waals surface area (Å²) in [5.74, 6) is 2.37. The van der Waals surface area contributed by atoms with Crippen LogP contribution in [0, 0.1) is 0 Å². The Bertz CT molecular complexity index is 560. The largest absolute Gasteiger partial charge is 0.493 e. The second kappa shape index (κ2) is 11.6. The second-order valence-corrected chi connectivity index (χ2v) is 6.08. The maximum absolute atomic E-state index is 5.37. The predicted octanol–water partition coefficient (Wildman–Crippen LogP) is 1.13. The van der Waals surface area contributed by atoms with Crippen molar-refractivity contribution in [2.24, 2.45) is 4.99 Å². The van der Waals surface area contributed by atoms with Crippen molar-refractivity contribution < 1.29 is 14.2 Å². The van der Waals surface area contributed by atoms with E-state index in [1.54, 1.807) is 14.2 Å². The maximum atomic E-state index is 5.37. The van der Waals surface area contributed by atoms with Crippen LogP contribution in [0.15, 0.2) is 23.2 Å². The zero-order valence-electron chi connectivity index (χ0n) is 16.2. The Morgan fingerprint density at radius 3 is 2.62 bits per heavy atom. The van der Waals surface area contributed by atoms with Gasteiger partial charge in [0.05, 0.1) is 34.0 Å². The minimum atomic E-state index is 0.752. The summed E-state index contributed by atoms with van der Waals surface area (Å²) in [6.45, 7) is 9.13. The Kier molecular flexibility index (Phi) is 9.06. The van der Waals surface area contributed by atoms with Crippen LogP contribution < -0.4 is 20.1 Å². The lowest BCUT2D eigenvalue weighted by Crippen LogP contribution is -2.40. The number of nitrogens with zero attached hydrogens (tertiary/aromatic N) is 2. The van der Waals surface area contributed by atoms with Gasteiger partial charge >= 0.3 is 0 Å². The number of benzene rings is 1. The standard InChI is InChI=1S/C19H32N4O3/c1-4-20-19(22-9-10-23-11-13-26-14-12-23)21-8-7-16-5-6-17(24-2)18(15-16)25-3/h5-6,15H,4,7-14H2,1-3H3,(H2,20,21,22). The van der Waals surface area contributed by atoms with E-state index in [0.29, 0.717) is 0 Å². The van der Waals surface area contributed by atoms with Crippen LogP contribution in [0.1, 0.15) is 12.5 Å². The third-order valence-corrected chi connectivity index (χ3v) is 4.29. The highest BCUT2D eigenvalue weighted by molar-refractivity contribution is 5.79. The number of aliphatic imine (C=N–C) groups is 1. The number of methoxy groups -OCH3 is 2. The van der Waals surface area contributed by atoms with E-state index in [2.05, 4.69) is 33.5 Å². The molecule has 0 atom stereocenters. The number of hydrogen-bond donors (Lipinski definition) is 2. The van der Waals surface area contributed by atoms with E-state index in [4.69, 9.17) is 14.2 Å². The molecule has 0 spiro atoms. The van der Waals surface area contributed by atoms with Gasteiger partial charge in [0, 0.05) is 32.7 Å². The van der Waals surface area contributed by atoms with Crippen LogP contribution in [0.5, 0.6) is 11.5 Å². The van der Waals surface area contributed by atoms with Gasteiger partial charge in [0.15, 0.2) is 17.5 Å². The van der Waals surface area contributed by atoms with Crippen molar-refractivity contribution in [3.05, 3.63) is 23.8 Å². The minimum absolute atomic E-state index is 0.752. The molecule has 0 radical (unpaired) electrons. The van der Waals surface area contributed by atoms with Crippen LogP contribution >= 0.6 is 0 Å². The normalized spacial score (nSPS) is 15.6. The predicted molar refractivity (Wildman–Crippen MR) is 104 cm³/mol. The van der Waals surface area contributed by atoms with Crippen LogP contribution in [0.4, 0.5) is 0 Å². The van der Waals surface area contributed by atoms with E-state index in [1.807, 2.05) is 12.1 Å². The van der Waals surface area contributed by atoms with Crippen molar-refractivity contribution in [2.75, 3.05) is 66.7 Å². The van der Waals surface area contributed by atoms with Crippen molar-refractivity contribution >= 4 is 5.96 Å². The molecule has 1 aromatic carbocycles. The van der Waals surface area contributed by atoms with Crippen LogP contribution in [0.25, 0.3) is 0 Å². The lowest BCUT2D eigenvalue weighted by Gasteiger charge is -2.25. The Hall–Kier alpha value is -1.99. The van der Waals surface area contributed by atoms with Crippen LogP contribution in [-0.2, 0) is 11.2 Å². The molecular formula is C19H32N4O3. The molecule has 0 saturated carbocycles. The topological polar surface area (TPSA) is 67.4 Å². The lowest BCUT2D eigenvalue weighted by atomic mass is 10.1. The molecule has 0 amide bonds. The Morgan fingerprint density at radius 2 is 1.92 bits per heavy atom. The molecule has 146 valence electrons. The van der Waals surface area contributed by atoms with Gasteiger partial charge in [-0.15, -0.1) is 0 Å². The number of nitrogens with one attached hydrogen (secondary N) is 2. The fourth-order valence-corrected chi connectivity index (χ4v) is 2.83. The summed E-state index contributed by atoms with van der Waals surface area (Å²) in [7, 11) is 3.30. The van der Waals surface area contributed by atoms with Gasteiger partial charge in [-0.3, -0.25) is 9.89 Å². The highest BCUT2D eigenvalue weighted by atomic mass is 16.5. The zero-order chi connectivity index (χ0) is 18.6. The maximum Gasteiger partial charge on any atom is 0.191 e. The highest BCUT2D eigenvalue weighted by Gasteiger charge is 2.09. The summed E-state index contributed by atoms with van der Waals surface area (Å²) in [5.41, 5.74) is 1.19. The number of morpholine rings is 1. The van der Waals surface area contributed by atoms with Crippen molar-refractivity contribution in [3.8, 4) is 11.5 Å².